The van der Waals surface area contributed by atoms with Crippen molar-refractivity contribution >= 4 is 23.2 Å². The summed E-state index contributed by atoms with van der Waals surface area (Å²) in [7, 11) is 0. The first kappa shape index (κ1) is 12.1. The zero-order valence-corrected chi connectivity index (χ0v) is 9.90. The smallest absolute Gasteiger partial charge is 0.142 e. The largest absolute Gasteiger partial charge is 0.457 e. The highest BCUT2D eigenvalue weighted by Crippen LogP contribution is 2.28. The Bertz CT molecular complexity index is 509. The molecule has 2 aromatic carbocycles. The maximum Gasteiger partial charge on any atom is 0.142 e. The second kappa shape index (κ2) is 4.90. The summed E-state index contributed by atoms with van der Waals surface area (Å²) in [6.07, 6.45) is 0. The maximum atomic E-state index is 12.9. The normalized spacial score (nSPS) is 10.4. The minimum absolute atomic E-state index is 0.0456. The lowest BCUT2D eigenvalue weighted by Gasteiger charge is -2.06. The second-order valence-electron chi connectivity index (χ2n) is 3.25. The molecule has 2 aromatic rings. The summed E-state index contributed by atoms with van der Waals surface area (Å²) in [5.74, 6) is -0.370. The average Bonchev–Trinajstić information content (AvgIpc) is 2.29. The van der Waals surface area contributed by atoms with E-state index in [2.05, 4.69) is 0 Å². The second-order valence-corrected chi connectivity index (χ2v) is 4.07. The van der Waals surface area contributed by atoms with E-state index in [9.17, 15) is 8.78 Å². The Balaban J connectivity index is 2.25. The lowest BCUT2D eigenvalue weighted by molar-refractivity contribution is 0.478. The predicted molar refractivity (Wildman–Crippen MR) is 62.9 cm³/mol. The number of hydrogen-bond acceptors (Lipinski definition) is 1. The van der Waals surface area contributed by atoms with E-state index in [4.69, 9.17) is 27.9 Å². The first-order valence-electron chi connectivity index (χ1n) is 4.64. The number of ether oxygens (including phenoxy) is 1. The predicted octanol–water partition coefficient (Wildman–Crippen LogP) is 5.06. The number of halogens is 4. The highest BCUT2D eigenvalue weighted by Gasteiger charge is 2.05. The summed E-state index contributed by atoms with van der Waals surface area (Å²) in [6.45, 7) is 0. The molecule has 2 rings (SSSR count). The molecule has 0 fully saturated rings. The van der Waals surface area contributed by atoms with Crippen LogP contribution < -0.4 is 4.74 Å². The molecule has 0 saturated heterocycles. The van der Waals surface area contributed by atoms with E-state index in [1.165, 1.54) is 36.4 Å². The van der Waals surface area contributed by atoms with Crippen LogP contribution in [0.5, 0.6) is 11.5 Å². The van der Waals surface area contributed by atoms with Gasteiger partial charge in [0.05, 0.1) is 10.0 Å². The third kappa shape index (κ3) is 2.87. The minimum Gasteiger partial charge on any atom is -0.457 e. The van der Waals surface area contributed by atoms with Gasteiger partial charge in [-0.15, -0.1) is 0 Å². The van der Waals surface area contributed by atoms with Gasteiger partial charge < -0.3 is 4.74 Å². The SMILES string of the molecule is Fc1ccc(Oc2ccc(F)c(Cl)c2)cc1Cl. The molecule has 88 valence electrons. The first-order valence-corrected chi connectivity index (χ1v) is 5.40. The van der Waals surface area contributed by atoms with Crippen LogP contribution in [-0.4, -0.2) is 0 Å². The Hall–Kier alpha value is -1.32. The van der Waals surface area contributed by atoms with E-state index in [-0.39, 0.29) is 10.0 Å². The van der Waals surface area contributed by atoms with Gasteiger partial charge in [-0.25, -0.2) is 8.78 Å². The van der Waals surface area contributed by atoms with E-state index in [1.807, 2.05) is 0 Å². The number of hydrogen-bond donors (Lipinski definition) is 0. The van der Waals surface area contributed by atoms with E-state index in [1.54, 1.807) is 0 Å². The fraction of sp³-hybridized carbons (Fsp3) is 0. The molecule has 0 amide bonds. The zero-order valence-electron chi connectivity index (χ0n) is 8.38. The van der Waals surface area contributed by atoms with Gasteiger partial charge in [0.1, 0.15) is 23.1 Å². The molecule has 0 unspecified atom stereocenters. The van der Waals surface area contributed by atoms with Crippen molar-refractivity contribution in [3.63, 3.8) is 0 Å². The molecular formula is C12H6Cl2F2O. The van der Waals surface area contributed by atoms with Crippen molar-refractivity contribution in [1.29, 1.82) is 0 Å². The van der Waals surface area contributed by atoms with Crippen LogP contribution in [0.3, 0.4) is 0 Å². The molecule has 0 aliphatic rings. The molecule has 0 heterocycles. The van der Waals surface area contributed by atoms with E-state index < -0.39 is 11.6 Å². The molecule has 1 nitrogen and oxygen atoms in total. The Morgan fingerprint density at radius 2 is 1.18 bits per heavy atom. The van der Waals surface area contributed by atoms with Crippen molar-refractivity contribution in [2.24, 2.45) is 0 Å². The molecule has 0 aliphatic heterocycles. The Labute approximate surface area is 107 Å². The fourth-order valence-corrected chi connectivity index (χ4v) is 1.56. The topological polar surface area (TPSA) is 9.23 Å². The van der Waals surface area contributed by atoms with Crippen LogP contribution in [-0.2, 0) is 0 Å². The van der Waals surface area contributed by atoms with Gasteiger partial charge in [-0.05, 0) is 24.3 Å². The number of rotatable bonds is 2. The molecular weight excluding hydrogens is 269 g/mol. The van der Waals surface area contributed by atoms with Crippen LogP contribution >= 0.6 is 23.2 Å². The van der Waals surface area contributed by atoms with Crippen molar-refractivity contribution in [2.75, 3.05) is 0 Å². The quantitative estimate of drug-likeness (QED) is 0.744. The summed E-state index contributed by atoms with van der Waals surface area (Å²) in [6, 6.07) is 7.85. The summed E-state index contributed by atoms with van der Waals surface area (Å²) >= 11 is 11.2. The van der Waals surface area contributed by atoms with Crippen LogP contribution in [0.2, 0.25) is 10.0 Å². The lowest BCUT2D eigenvalue weighted by Crippen LogP contribution is -1.86. The molecule has 0 aliphatic carbocycles. The minimum atomic E-state index is -0.531. The molecule has 5 heteroatoms. The highest BCUT2D eigenvalue weighted by molar-refractivity contribution is 6.31. The van der Waals surface area contributed by atoms with Crippen molar-refractivity contribution in [2.45, 2.75) is 0 Å². The van der Waals surface area contributed by atoms with Crippen LogP contribution in [0.25, 0.3) is 0 Å². The van der Waals surface area contributed by atoms with Crippen molar-refractivity contribution in [1.82, 2.24) is 0 Å². The molecule has 0 aromatic heterocycles. The van der Waals surface area contributed by atoms with Crippen molar-refractivity contribution in [3.8, 4) is 11.5 Å². The summed E-state index contributed by atoms with van der Waals surface area (Å²) in [5, 5.41) is -0.0913. The standard InChI is InChI=1S/C12H6Cl2F2O/c13-9-5-7(1-3-11(9)15)17-8-2-4-12(16)10(14)6-8/h1-6H. The van der Waals surface area contributed by atoms with Gasteiger partial charge in [-0.1, -0.05) is 23.2 Å². The van der Waals surface area contributed by atoms with Gasteiger partial charge in [0.15, 0.2) is 0 Å². The first-order chi connectivity index (χ1) is 8.06. The maximum absolute atomic E-state index is 12.9. The molecule has 0 atom stereocenters. The average molecular weight is 275 g/mol. The molecule has 0 bridgehead atoms. The van der Waals surface area contributed by atoms with Crippen LogP contribution in [0.4, 0.5) is 8.78 Å². The van der Waals surface area contributed by atoms with Gasteiger partial charge in [0.25, 0.3) is 0 Å². The van der Waals surface area contributed by atoms with Gasteiger partial charge >= 0.3 is 0 Å². The molecule has 17 heavy (non-hydrogen) atoms. The molecule has 0 N–H and O–H groups in total. The third-order valence-corrected chi connectivity index (χ3v) is 2.60. The third-order valence-electron chi connectivity index (χ3n) is 2.02. The van der Waals surface area contributed by atoms with Crippen LogP contribution in [0.15, 0.2) is 36.4 Å². The Kier molecular flexibility index (Phi) is 3.50. The van der Waals surface area contributed by atoms with Gasteiger partial charge in [-0.2, -0.15) is 0 Å². The van der Waals surface area contributed by atoms with E-state index >= 15 is 0 Å². The van der Waals surface area contributed by atoms with E-state index in [0.717, 1.165) is 0 Å². The zero-order chi connectivity index (χ0) is 12.4. The summed E-state index contributed by atoms with van der Waals surface area (Å²) < 4.78 is 31.1. The van der Waals surface area contributed by atoms with Gasteiger partial charge in [-0.3, -0.25) is 0 Å². The molecule has 0 spiro atoms. The van der Waals surface area contributed by atoms with Gasteiger partial charge in [0, 0.05) is 12.1 Å². The van der Waals surface area contributed by atoms with E-state index in [0.29, 0.717) is 11.5 Å². The van der Waals surface area contributed by atoms with Crippen molar-refractivity contribution < 1.29 is 13.5 Å². The molecule has 0 saturated carbocycles. The summed E-state index contributed by atoms with van der Waals surface area (Å²) in [5.41, 5.74) is 0. The monoisotopic (exact) mass is 274 g/mol. The Morgan fingerprint density at radius 3 is 1.53 bits per heavy atom. The highest BCUT2D eigenvalue weighted by atomic mass is 35.5. The van der Waals surface area contributed by atoms with Crippen LogP contribution in [0.1, 0.15) is 0 Å². The van der Waals surface area contributed by atoms with Crippen LogP contribution in [0, 0.1) is 11.6 Å². The molecule has 0 radical (unpaired) electrons. The fourth-order valence-electron chi connectivity index (χ4n) is 1.22. The Morgan fingerprint density at radius 1 is 0.765 bits per heavy atom. The van der Waals surface area contributed by atoms with Crippen molar-refractivity contribution in [3.05, 3.63) is 58.1 Å². The lowest BCUT2D eigenvalue weighted by atomic mass is 10.3. The van der Waals surface area contributed by atoms with Gasteiger partial charge in [0.2, 0.25) is 0 Å². The summed E-state index contributed by atoms with van der Waals surface area (Å²) in [4.78, 5) is 0. The number of benzene rings is 2.